The Bertz CT molecular complexity index is 579. The molecule has 130 valence electrons. The van der Waals surface area contributed by atoms with Crippen LogP contribution >= 0.6 is 0 Å². The van der Waals surface area contributed by atoms with Gasteiger partial charge in [0.25, 0.3) is 5.91 Å². The van der Waals surface area contributed by atoms with Crippen LogP contribution in [0.2, 0.25) is 0 Å². The second-order valence-corrected chi connectivity index (χ2v) is 6.17. The maximum atomic E-state index is 12.5. The molecule has 0 atom stereocenters. The Labute approximate surface area is 141 Å². The Balaban J connectivity index is 1.94. The van der Waals surface area contributed by atoms with Crippen molar-refractivity contribution in [2.45, 2.75) is 19.8 Å². The van der Waals surface area contributed by atoms with E-state index in [9.17, 15) is 19.6 Å². The van der Waals surface area contributed by atoms with Gasteiger partial charge in [-0.2, -0.15) is 5.26 Å². The zero-order valence-electron chi connectivity index (χ0n) is 13.9. The number of hydrogen-bond donors (Lipinski definition) is 1. The molecule has 0 aromatic heterocycles. The van der Waals surface area contributed by atoms with Crippen LogP contribution in [0.5, 0.6) is 0 Å². The predicted molar refractivity (Wildman–Crippen MR) is 86.0 cm³/mol. The Morgan fingerprint density at radius 3 is 2.04 bits per heavy atom. The number of piperazine rings is 1. The lowest BCUT2D eigenvalue weighted by Gasteiger charge is -2.34. The van der Waals surface area contributed by atoms with Crippen molar-refractivity contribution >= 4 is 17.7 Å². The largest absolute Gasteiger partial charge is 0.376 e. The van der Waals surface area contributed by atoms with Crippen LogP contribution < -0.4 is 5.73 Å². The highest BCUT2D eigenvalue weighted by atomic mass is 16.2. The van der Waals surface area contributed by atoms with Gasteiger partial charge >= 0.3 is 0 Å². The van der Waals surface area contributed by atoms with E-state index < -0.39 is 0 Å². The van der Waals surface area contributed by atoms with Gasteiger partial charge in [0.2, 0.25) is 11.8 Å². The molecular weight excluding hydrogens is 310 g/mol. The normalized spacial score (nSPS) is 19.8. The quantitative estimate of drug-likeness (QED) is 0.541. The number of nitrogens with two attached hydrogens (primary N) is 1. The molecule has 24 heavy (non-hydrogen) atoms. The number of carbonyl (C=O) groups is 3. The summed E-state index contributed by atoms with van der Waals surface area (Å²) >= 11 is 0. The lowest BCUT2D eigenvalue weighted by atomic mass is 9.96. The Morgan fingerprint density at radius 2 is 1.58 bits per heavy atom. The highest BCUT2D eigenvalue weighted by Gasteiger charge is 2.26. The topological polar surface area (TPSA) is 111 Å². The van der Waals surface area contributed by atoms with Crippen LogP contribution in [-0.4, -0.2) is 71.7 Å². The number of piperidine rings is 1. The maximum Gasteiger partial charge on any atom is 0.266 e. The molecule has 2 aliphatic heterocycles. The smallest absolute Gasteiger partial charge is 0.266 e. The third-order valence-electron chi connectivity index (χ3n) is 4.61. The molecule has 0 unspecified atom stereocenters. The van der Waals surface area contributed by atoms with Crippen molar-refractivity contribution in [3.8, 4) is 6.07 Å². The summed E-state index contributed by atoms with van der Waals surface area (Å²) in [6.07, 6.45) is 2.85. The molecule has 2 rings (SSSR count). The number of likely N-dealkylation sites (tertiary alicyclic amines) is 1. The van der Waals surface area contributed by atoms with Crippen LogP contribution in [0, 0.1) is 17.2 Å². The molecule has 8 nitrogen and oxygen atoms in total. The molecule has 0 aromatic carbocycles. The first-order valence-corrected chi connectivity index (χ1v) is 8.12. The van der Waals surface area contributed by atoms with E-state index in [0.29, 0.717) is 52.1 Å². The molecule has 0 spiro atoms. The number of carbonyl (C=O) groups excluding carboxylic acids is 3. The van der Waals surface area contributed by atoms with E-state index >= 15 is 0 Å². The van der Waals surface area contributed by atoms with Gasteiger partial charge in [-0.05, 0) is 12.8 Å². The number of primary amides is 1. The van der Waals surface area contributed by atoms with Crippen molar-refractivity contribution in [2.24, 2.45) is 11.7 Å². The van der Waals surface area contributed by atoms with E-state index in [1.807, 2.05) is 11.0 Å². The number of amides is 3. The minimum atomic E-state index is -0.308. The molecule has 2 aliphatic rings. The summed E-state index contributed by atoms with van der Waals surface area (Å²) in [4.78, 5) is 40.2. The molecule has 0 bridgehead atoms. The van der Waals surface area contributed by atoms with Gasteiger partial charge in [0, 0.05) is 58.3 Å². The SMILES string of the molecule is CC(=O)N1CCN(C(=O)/C(C#N)=C\N2CCC(C(N)=O)CC2)CC1. The highest BCUT2D eigenvalue weighted by molar-refractivity contribution is 5.97. The second-order valence-electron chi connectivity index (χ2n) is 6.17. The molecule has 2 heterocycles. The van der Waals surface area contributed by atoms with E-state index in [-0.39, 0.29) is 29.2 Å². The molecule has 0 aliphatic carbocycles. The van der Waals surface area contributed by atoms with Crippen LogP contribution in [0.3, 0.4) is 0 Å². The van der Waals surface area contributed by atoms with Gasteiger partial charge in [-0.25, -0.2) is 0 Å². The Morgan fingerprint density at radius 1 is 1.04 bits per heavy atom. The summed E-state index contributed by atoms with van der Waals surface area (Å²) in [5.41, 5.74) is 5.39. The summed E-state index contributed by atoms with van der Waals surface area (Å²) in [7, 11) is 0. The van der Waals surface area contributed by atoms with Crippen LogP contribution in [0.4, 0.5) is 0 Å². The summed E-state index contributed by atoms with van der Waals surface area (Å²) in [6, 6.07) is 1.97. The van der Waals surface area contributed by atoms with Gasteiger partial charge in [-0.15, -0.1) is 0 Å². The number of nitrogens with zero attached hydrogens (tertiary/aromatic N) is 4. The number of hydrogen-bond acceptors (Lipinski definition) is 5. The van der Waals surface area contributed by atoms with Crippen molar-refractivity contribution in [1.82, 2.24) is 14.7 Å². The number of nitriles is 1. The minimum absolute atomic E-state index is 0.00419. The van der Waals surface area contributed by atoms with Crippen LogP contribution in [-0.2, 0) is 14.4 Å². The molecule has 0 saturated carbocycles. The summed E-state index contributed by atoms with van der Waals surface area (Å²) in [5.74, 6) is -0.734. The summed E-state index contributed by atoms with van der Waals surface area (Å²) in [6.45, 7) is 4.55. The van der Waals surface area contributed by atoms with Gasteiger partial charge in [0.05, 0.1) is 0 Å². The van der Waals surface area contributed by atoms with Gasteiger partial charge < -0.3 is 20.4 Å². The van der Waals surface area contributed by atoms with E-state index in [1.54, 1.807) is 16.0 Å². The fraction of sp³-hybridized carbons (Fsp3) is 0.625. The predicted octanol–water partition coefficient (Wildman–Crippen LogP) is -0.718. The van der Waals surface area contributed by atoms with E-state index in [0.717, 1.165) is 0 Å². The average Bonchev–Trinajstić information content (AvgIpc) is 2.59. The first kappa shape index (κ1) is 17.8. The van der Waals surface area contributed by atoms with Gasteiger partial charge in [0.1, 0.15) is 11.6 Å². The van der Waals surface area contributed by atoms with Gasteiger partial charge in [0.15, 0.2) is 0 Å². The van der Waals surface area contributed by atoms with E-state index in [4.69, 9.17) is 5.73 Å². The monoisotopic (exact) mass is 333 g/mol. The van der Waals surface area contributed by atoms with E-state index in [1.165, 1.54) is 6.92 Å². The zero-order chi connectivity index (χ0) is 17.7. The molecule has 2 fully saturated rings. The van der Waals surface area contributed by atoms with Crippen LogP contribution in [0.25, 0.3) is 0 Å². The van der Waals surface area contributed by atoms with Crippen molar-refractivity contribution in [3.63, 3.8) is 0 Å². The Hall–Kier alpha value is -2.56. The Kier molecular flexibility index (Phi) is 5.79. The molecule has 2 saturated heterocycles. The third kappa shape index (κ3) is 4.25. The summed E-state index contributed by atoms with van der Waals surface area (Å²) in [5, 5.41) is 9.31. The lowest BCUT2D eigenvalue weighted by molar-refractivity contribution is -0.136. The van der Waals surface area contributed by atoms with Gasteiger partial charge in [-0.3, -0.25) is 14.4 Å². The fourth-order valence-corrected chi connectivity index (χ4v) is 3.02. The fourth-order valence-electron chi connectivity index (χ4n) is 3.02. The molecular formula is C16H23N5O3. The van der Waals surface area contributed by atoms with Crippen molar-refractivity contribution < 1.29 is 14.4 Å². The van der Waals surface area contributed by atoms with Crippen LogP contribution in [0.15, 0.2) is 11.8 Å². The van der Waals surface area contributed by atoms with Crippen LogP contribution in [0.1, 0.15) is 19.8 Å². The lowest BCUT2D eigenvalue weighted by Crippen LogP contribution is -2.50. The molecule has 0 radical (unpaired) electrons. The highest BCUT2D eigenvalue weighted by Crippen LogP contribution is 2.18. The first-order chi connectivity index (χ1) is 11.4. The van der Waals surface area contributed by atoms with Gasteiger partial charge in [-0.1, -0.05) is 0 Å². The minimum Gasteiger partial charge on any atom is -0.376 e. The summed E-state index contributed by atoms with van der Waals surface area (Å²) < 4.78 is 0. The van der Waals surface area contributed by atoms with Crippen molar-refractivity contribution in [2.75, 3.05) is 39.3 Å². The molecule has 8 heteroatoms. The standard InChI is InChI=1S/C16H23N5O3/c1-12(22)20-6-8-21(9-7-20)16(24)14(10-17)11-19-4-2-13(3-5-19)15(18)23/h11,13H,2-9H2,1H3,(H2,18,23)/b14-11-. The molecule has 2 N–H and O–H groups in total. The maximum absolute atomic E-state index is 12.5. The second kappa shape index (κ2) is 7.81. The molecule has 3 amide bonds. The van der Waals surface area contributed by atoms with Crippen molar-refractivity contribution in [1.29, 1.82) is 5.26 Å². The number of rotatable bonds is 3. The third-order valence-corrected chi connectivity index (χ3v) is 4.61. The average molecular weight is 333 g/mol. The molecule has 0 aromatic rings. The zero-order valence-corrected chi connectivity index (χ0v) is 13.9. The van der Waals surface area contributed by atoms with E-state index in [2.05, 4.69) is 0 Å². The first-order valence-electron chi connectivity index (χ1n) is 8.12. The van der Waals surface area contributed by atoms with Crippen molar-refractivity contribution in [3.05, 3.63) is 11.8 Å².